The van der Waals surface area contributed by atoms with Crippen molar-refractivity contribution in [3.05, 3.63) is 22.7 Å². The van der Waals surface area contributed by atoms with E-state index in [9.17, 15) is 4.79 Å². The Bertz CT molecular complexity index is 363. The maximum Gasteiger partial charge on any atom is 0.164 e. The molecule has 0 heterocycles. The molecule has 2 N–H and O–H groups in total. The van der Waals surface area contributed by atoms with Crippen LogP contribution in [0.25, 0.3) is 0 Å². The summed E-state index contributed by atoms with van der Waals surface area (Å²) in [6.45, 7) is 1.78. The monoisotopic (exact) mass is 213 g/mol. The molecule has 76 valence electrons. The molecule has 14 heavy (non-hydrogen) atoms. The quantitative estimate of drug-likeness (QED) is 0.620. The highest BCUT2D eigenvalue weighted by atomic mass is 35.5. The number of halogens is 1. The van der Waals surface area contributed by atoms with E-state index in [0.29, 0.717) is 28.4 Å². The van der Waals surface area contributed by atoms with E-state index in [-0.39, 0.29) is 5.78 Å². The maximum atomic E-state index is 11.4. The molecule has 0 aliphatic carbocycles. The predicted octanol–water partition coefficient (Wildman–Crippen LogP) is 2.52. The topological polar surface area (TPSA) is 52.3 Å². The Hall–Kier alpha value is -1.22. The largest absolute Gasteiger partial charge is 0.495 e. The zero-order chi connectivity index (χ0) is 10.7. The summed E-state index contributed by atoms with van der Waals surface area (Å²) in [6.07, 6.45) is 0.412. The first-order chi connectivity index (χ1) is 6.60. The van der Waals surface area contributed by atoms with Crippen LogP contribution in [0.15, 0.2) is 12.1 Å². The standard InChI is InChI=1S/C10H12ClNO2/c1-3-9(13)6-4-10(14-2)7(11)5-8(6)12/h4-5H,3,12H2,1-2H3. The highest BCUT2D eigenvalue weighted by molar-refractivity contribution is 6.32. The molecule has 0 amide bonds. The van der Waals surface area contributed by atoms with Gasteiger partial charge in [0.1, 0.15) is 5.75 Å². The van der Waals surface area contributed by atoms with Gasteiger partial charge in [-0.1, -0.05) is 18.5 Å². The molecule has 0 saturated heterocycles. The Labute approximate surface area is 87.8 Å². The van der Waals surface area contributed by atoms with Crippen LogP contribution in [0.4, 0.5) is 5.69 Å². The second kappa shape index (κ2) is 4.33. The first-order valence-electron chi connectivity index (χ1n) is 4.26. The Kier molecular flexibility index (Phi) is 3.36. The molecule has 1 rings (SSSR count). The first-order valence-corrected chi connectivity index (χ1v) is 4.64. The molecule has 0 aliphatic heterocycles. The number of carbonyl (C=O) groups excluding carboxylic acids is 1. The summed E-state index contributed by atoms with van der Waals surface area (Å²) in [5, 5.41) is 0.414. The summed E-state index contributed by atoms with van der Waals surface area (Å²) in [6, 6.07) is 3.10. The van der Waals surface area contributed by atoms with E-state index in [1.807, 2.05) is 0 Å². The maximum absolute atomic E-state index is 11.4. The minimum absolute atomic E-state index is 0.0162. The van der Waals surface area contributed by atoms with Crippen molar-refractivity contribution in [1.82, 2.24) is 0 Å². The third-order valence-electron chi connectivity index (χ3n) is 1.95. The predicted molar refractivity (Wildman–Crippen MR) is 57.0 cm³/mol. The van der Waals surface area contributed by atoms with Crippen molar-refractivity contribution < 1.29 is 9.53 Å². The Morgan fingerprint density at radius 2 is 2.21 bits per heavy atom. The van der Waals surface area contributed by atoms with Crippen molar-refractivity contribution in [2.45, 2.75) is 13.3 Å². The molecule has 3 nitrogen and oxygen atoms in total. The third kappa shape index (κ3) is 1.99. The molecular weight excluding hydrogens is 202 g/mol. The first kappa shape index (κ1) is 10.9. The number of anilines is 1. The van der Waals surface area contributed by atoms with Crippen LogP contribution in [-0.4, -0.2) is 12.9 Å². The lowest BCUT2D eigenvalue weighted by molar-refractivity contribution is 0.0988. The van der Waals surface area contributed by atoms with E-state index in [1.54, 1.807) is 13.0 Å². The van der Waals surface area contributed by atoms with Gasteiger partial charge in [-0.25, -0.2) is 0 Å². The van der Waals surface area contributed by atoms with Gasteiger partial charge >= 0.3 is 0 Å². The molecule has 0 radical (unpaired) electrons. The molecule has 0 atom stereocenters. The Balaban J connectivity index is 3.24. The molecule has 0 spiro atoms. The number of nitrogens with two attached hydrogens (primary N) is 1. The SMILES string of the molecule is CCC(=O)c1cc(OC)c(Cl)cc1N. The number of methoxy groups -OCH3 is 1. The van der Waals surface area contributed by atoms with Gasteiger partial charge in [-0.2, -0.15) is 0 Å². The minimum atomic E-state index is -0.0162. The van der Waals surface area contributed by atoms with E-state index in [0.717, 1.165) is 0 Å². The number of rotatable bonds is 3. The number of hydrogen-bond acceptors (Lipinski definition) is 3. The second-order valence-corrected chi connectivity index (χ2v) is 3.26. The van der Waals surface area contributed by atoms with E-state index in [1.165, 1.54) is 13.2 Å². The minimum Gasteiger partial charge on any atom is -0.495 e. The van der Waals surface area contributed by atoms with Crippen LogP contribution in [0, 0.1) is 0 Å². The van der Waals surface area contributed by atoms with E-state index in [2.05, 4.69) is 0 Å². The molecule has 0 aromatic heterocycles. The van der Waals surface area contributed by atoms with Crippen molar-refractivity contribution in [3.63, 3.8) is 0 Å². The molecule has 1 aromatic carbocycles. The lowest BCUT2D eigenvalue weighted by Gasteiger charge is -2.08. The van der Waals surface area contributed by atoms with Crippen molar-refractivity contribution in [2.75, 3.05) is 12.8 Å². The smallest absolute Gasteiger partial charge is 0.164 e. The van der Waals surface area contributed by atoms with Crippen LogP contribution < -0.4 is 10.5 Å². The van der Waals surface area contributed by atoms with Crippen molar-refractivity contribution >= 4 is 23.1 Å². The van der Waals surface area contributed by atoms with Crippen molar-refractivity contribution in [1.29, 1.82) is 0 Å². The van der Waals surface area contributed by atoms with E-state index >= 15 is 0 Å². The van der Waals surface area contributed by atoms with Crippen LogP contribution in [0.1, 0.15) is 23.7 Å². The van der Waals surface area contributed by atoms with Crippen LogP contribution in [0.2, 0.25) is 5.02 Å². The van der Waals surface area contributed by atoms with Crippen LogP contribution >= 0.6 is 11.6 Å². The number of nitrogen functional groups attached to an aromatic ring is 1. The summed E-state index contributed by atoms with van der Waals surface area (Å²) in [5.41, 5.74) is 6.52. The summed E-state index contributed by atoms with van der Waals surface area (Å²) in [4.78, 5) is 11.4. The summed E-state index contributed by atoms with van der Waals surface area (Å²) < 4.78 is 5.00. The fourth-order valence-electron chi connectivity index (χ4n) is 1.16. The van der Waals surface area contributed by atoms with Gasteiger partial charge in [0.2, 0.25) is 0 Å². The fourth-order valence-corrected chi connectivity index (χ4v) is 1.41. The van der Waals surface area contributed by atoms with Gasteiger partial charge in [0, 0.05) is 17.7 Å². The van der Waals surface area contributed by atoms with Crippen molar-refractivity contribution in [3.8, 4) is 5.75 Å². The van der Waals surface area contributed by atoms with Gasteiger partial charge in [-0.05, 0) is 12.1 Å². The summed E-state index contributed by atoms with van der Waals surface area (Å²) >= 11 is 5.83. The van der Waals surface area contributed by atoms with E-state index < -0.39 is 0 Å². The van der Waals surface area contributed by atoms with Crippen molar-refractivity contribution in [2.24, 2.45) is 0 Å². The molecule has 0 saturated carbocycles. The zero-order valence-corrected chi connectivity index (χ0v) is 8.89. The molecule has 1 aromatic rings. The highest BCUT2D eigenvalue weighted by Crippen LogP contribution is 2.30. The normalized spacial score (nSPS) is 9.93. The Morgan fingerprint density at radius 3 is 2.71 bits per heavy atom. The average molecular weight is 214 g/mol. The van der Waals surface area contributed by atoms with E-state index in [4.69, 9.17) is 22.1 Å². The molecule has 0 fully saturated rings. The number of ether oxygens (including phenoxy) is 1. The number of carbonyl (C=O) groups is 1. The molecule has 0 bridgehead atoms. The summed E-state index contributed by atoms with van der Waals surface area (Å²) in [7, 11) is 1.50. The van der Waals surface area contributed by atoms with Crippen LogP contribution in [0.3, 0.4) is 0 Å². The van der Waals surface area contributed by atoms with Gasteiger partial charge in [-0.3, -0.25) is 4.79 Å². The molecule has 0 aliphatic rings. The fraction of sp³-hybridized carbons (Fsp3) is 0.300. The highest BCUT2D eigenvalue weighted by Gasteiger charge is 2.11. The van der Waals surface area contributed by atoms with Crippen LogP contribution in [0.5, 0.6) is 5.75 Å². The molecule has 0 unspecified atom stereocenters. The van der Waals surface area contributed by atoms with Gasteiger partial charge in [0.05, 0.1) is 12.1 Å². The van der Waals surface area contributed by atoms with Gasteiger partial charge in [-0.15, -0.1) is 0 Å². The summed E-state index contributed by atoms with van der Waals surface area (Å²) in [5.74, 6) is 0.454. The van der Waals surface area contributed by atoms with Gasteiger partial charge in [0.25, 0.3) is 0 Å². The number of Topliss-reactive ketones (excluding diaryl/α,β-unsaturated/α-hetero) is 1. The molecule has 4 heteroatoms. The number of hydrogen-bond donors (Lipinski definition) is 1. The lowest BCUT2D eigenvalue weighted by atomic mass is 10.1. The average Bonchev–Trinajstić information content (AvgIpc) is 2.17. The Morgan fingerprint density at radius 1 is 1.57 bits per heavy atom. The third-order valence-corrected chi connectivity index (χ3v) is 2.24. The second-order valence-electron chi connectivity index (χ2n) is 2.85. The zero-order valence-electron chi connectivity index (χ0n) is 8.13. The van der Waals surface area contributed by atoms with Crippen LogP contribution in [-0.2, 0) is 0 Å². The lowest BCUT2D eigenvalue weighted by Crippen LogP contribution is -2.03. The number of benzene rings is 1. The molecular formula is C10H12ClNO2. The van der Waals surface area contributed by atoms with Gasteiger partial charge < -0.3 is 10.5 Å². The number of ketones is 1. The van der Waals surface area contributed by atoms with Gasteiger partial charge in [0.15, 0.2) is 5.78 Å².